The fourth-order valence-corrected chi connectivity index (χ4v) is 3.00. The van der Waals surface area contributed by atoms with Crippen LogP contribution in [0.4, 0.5) is 0 Å². The molecule has 2 rings (SSSR count). The van der Waals surface area contributed by atoms with Gasteiger partial charge in [-0.25, -0.2) is 0 Å². The molecule has 0 aliphatic heterocycles. The zero-order valence-electron chi connectivity index (χ0n) is 12.2. The van der Waals surface area contributed by atoms with Crippen molar-refractivity contribution in [2.45, 2.75) is 53.6 Å². The summed E-state index contributed by atoms with van der Waals surface area (Å²) >= 11 is 0. The summed E-state index contributed by atoms with van der Waals surface area (Å²) in [7, 11) is 0. The van der Waals surface area contributed by atoms with Gasteiger partial charge in [-0.2, -0.15) is 0 Å². The predicted octanol–water partition coefficient (Wildman–Crippen LogP) is 4.18. The number of hydrogen-bond donors (Lipinski definition) is 1. The van der Waals surface area contributed by atoms with Crippen molar-refractivity contribution >= 4 is 5.57 Å². The zero-order chi connectivity index (χ0) is 13.5. The highest BCUT2D eigenvalue weighted by atomic mass is 16.3. The fraction of sp³-hybridized carbons (Fsp3) is 0.529. The molecule has 1 aromatic rings. The molecule has 1 aromatic carbocycles. The van der Waals surface area contributed by atoms with E-state index in [1.54, 1.807) is 0 Å². The second kappa shape index (κ2) is 4.55. The highest BCUT2D eigenvalue weighted by Crippen LogP contribution is 2.40. The standard InChI is InChI=1S/C17H24O/c1-11-6-13(3)16(7-12(11)2)14-8-15(18)10-17(4,5)9-14/h6-8,15,18H,9-10H2,1-5H3. The molecule has 1 nitrogen and oxygen atoms in total. The molecule has 0 spiro atoms. The summed E-state index contributed by atoms with van der Waals surface area (Å²) in [4.78, 5) is 0. The second-order valence-electron chi connectivity index (χ2n) is 6.56. The van der Waals surface area contributed by atoms with Crippen molar-refractivity contribution in [1.29, 1.82) is 0 Å². The minimum atomic E-state index is -0.301. The molecule has 1 aliphatic rings. The average Bonchev–Trinajstić information content (AvgIpc) is 2.20. The summed E-state index contributed by atoms with van der Waals surface area (Å²) in [6, 6.07) is 4.52. The van der Waals surface area contributed by atoms with Crippen LogP contribution in [0.15, 0.2) is 18.2 Å². The van der Waals surface area contributed by atoms with Gasteiger partial charge in [-0.1, -0.05) is 32.1 Å². The molecule has 0 radical (unpaired) electrons. The largest absolute Gasteiger partial charge is 0.389 e. The minimum Gasteiger partial charge on any atom is -0.389 e. The Balaban J connectivity index is 2.46. The van der Waals surface area contributed by atoms with Gasteiger partial charge in [0, 0.05) is 0 Å². The predicted molar refractivity (Wildman–Crippen MR) is 77.7 cm³/mol. The topological polar surface area (TPSA) is 20.2 Å². The fourth-order valence-electron chi connectivity index (χ4n) is 3.00. The van der Waals surface area contributed by atoms with Crippen LogP contribution in [0.5, 0.6) is 0 Å². The van der Waals surface area contributed by atoms with Crippen LogP contribution in [0, 0.1) is 26.2 Å². The maximum atomic E-state index is 10.0. The van der Waals surface area contributed by atoms with E-state index in [2.05, 4.69) is 46.8 Å². The molecule has 98 valence electrons. The third-order valence-electron chi connectivity index (χ3n) is 4.01. The highest BCUT2D eigenvalue weighted by Gasteiger charge is 2.28. The van der Waals surface area contributed by atoms with E-state index in [1.807, 2.05) is 6.08 Å². The molecular weight excluding hydrogens is 220 g/mol. The lowest BCUT2D eigenvalue weighted by Gasteiger charge is -2.33. The lowest BCUT2D eigenvalue weighted by atomic mass is 9.74. The van der Waals surface area contributed by atoms with E-state index in [0.717, 1.165) is 12.8 Å². The average molecular weight is 244 g/mol. The molecule has 1 heteroatoms. The van der Waals surface area contributed by atoms with Gasteiger partial charge in [-0.05, 0) is 66.9 Å². The van der Waals surface area contributed by atoms with Crippen LogP contribution in [-0.2, 0) is 0 Å². The normalized spacial score (nSPS) is 22.8. The second-order valence-corrected chi connectivity index (χ2v) is 6.56. The molecule has 0 bridgehead atoms. The maximum Gasteiger partial charge on any atom is 0.0732 e. The number of allylic oxidation sites excluding steroid dienone is 1. The van der Waals surface area contributed by atoms with E-state index < -0.39 is 0 Å². The van der Waals surface area contributed by atoms with E-state index in [4.69, 9.17) is 0 Å². The maximum absolute atomic E-state index is 10.0. The Bertz CT molecular complexity index is 495. The number of hydrogen-bond acceptors (Lipinski definition) is 1. The monoisotopic (exact) mass is 244 g/mol. The first-order valence-electron chi connectivity index (χ1n) is 6.75. The van der Waals surface area contributed by atoms with Crippen molar-refractivity contribution in [2.24, 2.45) is 5.41 Å². The van der Waals surface area contributed by atoms with E-state index in [0.29, 0.717) is 0 Å². The van der Waals surface area contributed by atoms with E-state index >= 15 is 0 Å². The SMILES string of the molecule is Cc1cc(C)c(C2=CC(O)CC(C)(C)C2)cc1C. The summed E-state index contributed by atoms with van der Waals surface area (Å²) in [5.74, 6) is 0. The summed E-state index contributed by atoms with van der Waals surface area (Å²) in [6.45, 7) is 10.9. The van der Waals surface area contributed by atoms with Gasteiger partial charge in [0.2, 0.25) is 0 Å². The van der Waals surface area contributed by atoms with Crippen LogP contribution >= 0.6 is 0 Å². The molecule has 0 saturated heterocycles. The van der Waals surface area contributed by atoms with Crippen LogP contribution in [0.1, 0.15) is 48.9 Å². The van der Waals surface area contributed by atoms with Crippen LogP contribution in [-0.4, -0.2) is 11.2 Å². The molecule has 1 unspecified atom stereocenters. The van der Waals surface area contributed by atoms with Crippen molar-refractivity contribution in [3.05, 3.63) is 40.5 Å². The Morgan fingerprint density at radius 1 is 1.06 bits per heavy atom. The first kappa shape index (κ1) is 13.4. The van der Waals surface area contributed by atoms with Crippen LogP contribution in [0.25, 0.3) is 5.57 Å². The van der Waals surface area contributed by atoms with Crippen LogP contribution in [0.2, 0.25) is 0 Å². The molecule has 0 saturated carbocycles. The third-order valence-corrected chi connectivity index (χ3v) is 4.01. The van der Waals surface area contributed by atoms with Crippen molar-refractivity contribution in [1.82, 2.24) is 0 Å². The zero-order valence-corrected chi connectivity index (χ0v) is 12.2. The van der Waals surface area contributed by atoms with E-state index in [-0.39, 0.29) is 11.5 Å². The van der Waals surface area contributed by atoms with Gasteiger partial charge >= 0.3 is 0 Å². The summed E-state index contributed by atoms with van der Waals surface area (Å²) < 4.78 is 0. The summed E-state index contributed by atoms with van der Waals surface area (Å²) in [5.41, 5.74) is 6.79. The molecule has 1 aliphatic carbocycles. The smallest absolute Gasteiger partial charge is 0.0732 e. The van der Waals surface area contributed by atoms with Crippen molar-refractivity contribution in [3.63, 3.8) is 0 Å². The van der Waals surface area contributed by atoms with Gasteiger partial charge in [0.05, 0.1) is 6.10 Å². The lowest BCUT2D eigenvalue weighted by molar-refractivity contribution is 0.146. The van der Waals surface area contributed by atoms with Gasteiger partial charge in [0.1, 0.15) is 0 Å². The number of aliphatic hydroxyl groups is 1. The Morgan fingerprint density at radius 3 is 2.28 bits per heavy atom. The van der Waals surface area contributed by atoms with Gasteiger partial charge in [0.15, 0.2) is 0 Å². The molecular formula is C17H24O. The van der Waals surface area contributed by atoms with Gasteiger partial charge in [0.25, 0.3) is 0 Å². The number of aliphatic hydroxyl groups excluding tert-OH is 1. The lowest BCUT2D eigenvalue weighted by Crippen LogP contribution is -2.24. The van der Waals surface area contributed by atoms with Gasteiger partial charge in [-0.3, -0.25) is 0 Å². The van der Waals surface area contributed by atoms with Gasteiger partial charge in [-0.15, -0.1) is 0 Å². The van der Waals surface area contributed by atoms with Crippen molar-refractivity contribution in [3.8, 4) is 0 Å². The van der Waals surface area contributed by atoms with E-state index in [9.17, 15) is 5.11 Å². The quantitative estimate of drug-likeness (QED) is 0.786. The molecule has 0 heterocycles. The summed E-state index contributed by atoms with van der Waals surface area (Å²) in [5, 5.41) is 10.0. The molecule has 0 aromatic heterocycles. The molecule has 0 amide bonds. The van der Waals surface area contributed by atoms with Crippen molar-refractivity contribution in [2.75, 3.05) is 0 Å². The number of aryl methyl sites for hydroxylation is 3. The summed E-state index contributed by atoms with van der Waals surface area (Å²) in [6.07, 6.45) is 3.65. The van der Waals surface area contributed by atoms with E-state index in [1.165, 1.54) is 27.8 Å². The first-order chi connectivity index (χ1) is 8.28. The number of rotatable bonds is 1. The molecule has 1 N–H and O–H groups in total. The number of benzene rings is 1. The Labute approximate surface area is 111 Å². The van der Waals surface area contributed by atoms with Crippen LogP contribution < -0.4 is 0 Å². The minimum absolute atomic E-state index is 0.189. The Kier molecular flexibility index (Phi) is 3.37. The third kappa shape index (κ3) is 2.67. The highest BCUT2D eigenvalue weighted by molar-refractivity contribution is 5.71. The molecule has 1 atom stereocenters. The Hall–Kier alpha value is -1.08. The van der Waals surface area contributed by atoms with Crippen LogP contribution in [0.3, 0.4) is 0 Å². The Morgan fingerprint density at radius 2 is 1.67 bits per heavy atom. The van der Waals surface area contributed by atoms with Crippen molar-refractivity contribution < 1.29 is 5.11 Å². The molecule has 0 fully saturated rings. The molecule has 18 heavy (non-hydrogen) atoms. The van der Waals surface area contributed by atoms with Gasteiger partial charge < -0.3 is 5.11 Å². The first-order valence-corrected chi connectivity index (χ1v) is 6.75.